The van der Waals surface area contributed by atoms with Crippen molar-refractivity contribution in [3.8, 4) is 17.6 Å². The van der Waals surface area contributed by atoms with Gasteiger partial charge in [-0.05, 0) is 54.3 Å². The molecule has 1 aliphatic carbocycles. The Hall–Kier alpha value is -3.00. The fourth-order valence-electron chi connectivity index (χ4n) is 2.83. The normalized spacial score (nSPS) is 18.1. The van der Waals surface area contributed by atoms with Gasteiger partial charge in [0.05, 0.1) is 25.3 Å². The summed E-state index contributed by atoms with van der Waals surface area (Å²) >= 11 is 0. The molecule has 0 bridgehead atoms. The zero-order chi connectivity index (χ0) is 17.6. The maximum atomic E-state index is 12.2. The summed E-state index contributed by atoms with van der Waals surface area (Å²) in [7, 11) is 1.64. The second-order valence-electron chi connectivity index (χ2n) is 6.00. The summed E-state index contributed by atoms with van der Waals surface area (Å²) in [6, 6.07) is 16.9. The molecule has 0 saturated heterocycles. The first-order chi connectivity index (χ1) is 12.2. The maximum absolute atomic E-state index is 12.2. The number of carbonyl (C=O) groups excluding carboxylic acids is 1. The van der Waals surface area contributed by atoms with Crippen molar-refractivity contribution in [2.24, 2.45) is 5.92 Å². The van der Waals surface area contributed by atoms with Gasteiger partial charge in [0.1, 0.15) is 18.1 Å². The largest absolute Gasteiger partial charge is 0.497 e. The molecule has 0 heterocycles. The van der Waals surface area contributed by atoms with Crippen molar-refractivity contribution in [2.75, 3.05) is 20.3 Å². The Morgan fingerprint density at radius 3 is 2.76 bits per heavy atom. The smallest absolute Gasteiger partial charge is 0.223 e. The second-order valence-corrected chi connectivity index (χ2v) is 6.00. The van der Waals surface area contributed by atoms with Crippen LogP contribution < -0.4 is 14.8 Å². The minimum absolute atomic E-state index is 0.0296. The van der Waals surface area contributed by atoms with Gasteiger partial charge in [-0.2, -0.15) is 5.26 Å². The van der Waals surface area contributed by atoms with Crippen LogP contribution in [0.3, 0.4) is 0 Å². The van der Waals surface area contributed by atoms with Crippen LogP contribution in [0, 0.1) is 17.2 Å². The Morgan fingerprint density at radius 1 is 1.24 bits per heavy atom. The van der Waals surface area contributed by atoms with Gasteiger partial charge in [0.2, 0.25) is 5.91 Å². The maximum Gasteiger partial charge on any atom is 0.223 e. The number of hydrogen-bond acceptors (Lipinski definition) is 4. The highest BCUT2D eigenvalue weighted by molar-refractivity contribution is 5.82. The summed E-state index contributed by atoms with van der Waals surface area (Å²) in [4.78, 5) is 12.2. The topological polar surface area (TPSA) is 71.3 Å². The van der Waals surface area contributed by atoms with Crippen molar-refractivity contribution in [3.63, 3.8) is 0 Å². The summed E-state index contributed by atoms with van der Waals surface area (Å²) in [6.07, 6.45) is 0.871. The number of ether oxygens (including phenoxy) is 2. The van der Waals surface area contributed by atoms with E-state index in [1.54, 1.807) is 31.4 Å². The molecule has 1 N–H and O–H groups in total. The molecular weight excluding hydrogens is 316 g/mol. The molecule has 1 saturated carbocycles. The van der Waals surface area contributed by atoms with E-state index in [1.807, 2.05) is 24.3 Å². The lowest BCUT2D eigenvalue weighted by Crippen LogP contribution is -2.29. The first-order valence-corrected chi connectivity index (χ1v) is 8.26. The third-order valence-corrected chi connectivity index (χ3v) is 4.30. The molecule has 0 aliphatic heterocycles. The van der Waals surface area contributed by atoms with Crippen LogP contribution in [0.5, 0.6) is 11.5 Å². The van der Waals surface area contributed by atoms with Crippen LogP contribution in [0.1, 0.15) is 23.5 Å². The number of nitriles is 1. The molecule has 2 aromatic carbocycles. The Kier molecular flexibility index (Phi) is 5.20. The summed E-state index contributed by atoms with van der Waals surface area (Å²) in [6.45, 7) is 0.856. The molecule has 0 spiro atoms. The SMILES string of the molecule is COc1cccc([C@@H]2C[C@H]2C(=O)NCCOc2ccc(C#N)cc2)c1. The third-order valence-electron chi connectivity index (χ3n) is 4.30. The van der Waals surface area contributed by atoms with Crippen LogP contribution in [0.15, 0.2) is 48.5 Å². The molecule has 2 aromatic rings. The highest BCUT2D eigenvalue weighted by Crippen LogP contribution is 2.48. The van der Waals surface area contributed by atoms with Crippen molar-refractivity contribution in [2.45, 2.75) is 12.3 Å². The molecule has 0 aromatic heterocycles. The molecule has 2 atom stereocenters. The average Bonchev–Trinajstić information content (AvgIpc) is 3.46. The van der Waals surface area contributed by atoms with E-state index in [4.69, 9.17) is 14.7 Å². The van der Waals surface area contributed by atoms with Crippen LogP contribution in [-0.4, -0.2) is 26.2 Å². The van der Waals surface area contributed by atoms with Crippen LogP contribution >= 0.6 is 0 Å². The van der Waals surface area contributed by atoms with Crippen LogP contribution in [-0.2, 0) is 4.79 Å². The first kappa shape index (κ1) is 16.8. The van der Waals surface area contributed by atoms with Gasteiger partial charge in [-0.15, -0.1) is 0 Å². The number of rotatable bonds is 7. The molecule has 0 radical (unpaired) electrons. The summed E-state index contributed by atoms with van der Waals surface area (Å²) in [5, 5.41) is 11.7. The van der Waals surface area contributed by atoms with Gasteiger partial charge >= 0.3 is 0 Å². The number of carbonyl (C=O) groups is 1. The van der Waals surface area contributed by atoms with E-state index < -0.39 is 0 Å². The zero-order valence-corrected chi connectivity index (χ0v) is 14.1. The fourth-order valence-corrected chi connectivity index (χ4v) is 2.83. The minimum Gasteiger partial charge on any atom is -0.497 e. The molecule has 128 valence electrons. The lowest BCUT2D eigenvalue weighted by molar-refractivity contribution is -0.122. The number of benzene rings is 2. The molecule has 5 nitrogen and oxygen atoms in total. The van der Waals surface area contributed by atoms with Crippen molar-refractivity contribution in [1.29, 1.82) is 5.26 Å². The predicted molar refractivity (Wildman–Crippen MR) is 93.5 cm³/mol. The van der Waals surface area contributed by atoms with Gasteiger partial charge in [0.25, 0.3) is 0 Å². The van der Waals surface area contributed by atoms with Gasteiger partial charge in [0, 0.05) is 5.92 Å². The fraction of sp³-hybridized carbons (Fsp3) is 0.300. The first-order valence-electron chi connectivity index (χ1n) is 8.26. The number of hydrogen-bond donors (Lipinski definition) is 1. The Balaban J connectivity index is 1.40. The standard InChI is InChI=1S/C20H20N2O3/c1-24-17-4-2-3-15(11-17)18-12-19(18)20(23)22-9-10-25-16-7-5-14(13-21)6-8-16/h2-8,11,18-19H,9-10,12H2,1H3,(H,22,23)/t18-,19+/m0/s1. The second kappa shape index (κ2) is 7.71. The van der Waals surface area contributed by atoms with Gasteiger partial charge in [-0.3, -0.25) is 4.79 Å². The van der Waals surface area contributed by atoms with E-state index in [2.05, 4.69) is 11.4 Å². The number of amides is 1. The monoisotopic (exact) mass is 336 g/mol. The van der Waals surface area contributed by atoms with Gasteiger partial charge in [-0.25, -0.2) is 0 Å². The zero-order valence-electron chi connectivity index (χ0n) is 14.1. The predicted octanol–water partition coefficient (Wildman–Crippen LogP) is 2.87. The van der Waals surface area contributed by atoms with Gasteiger partial charge in [-0.1, -0.05) is 12.1 Å². The average molecular weight is 336 g/mol. The van der Waals surface area contributed by atoms with E-state index in [0.717, 1.165) is 17.7 Å². The molecule has 1 fully saturated rings. The van der Waals surface area contributed by atoms with Crippen molar-refractivity contribution >= 4 is 5.91 Å². The van der Waals surface area contributed by atoms with Gasteiger partial charge in [0.15, 0.2) is 0 Å². The Bertz CT molecular complexity index is 780. The number of methoxy groups -OCH3 is 1. The molecule has 0 unspecified atom stereocenters. The van der Waals surface area contributed by atoms with E-state index in [1.165, 1.54) is 0 Å². The Morgan fingerprint density at radius 2 is 2.04 bits per heavy atom. The molecule has 1 amide bonds. The molecule has 5 heteroatoms. The molecule has 3 rings (SSSR count). The summed E-state index contributed by atoms with van der Waals surface area (Å²) in [5.74, 6) is 1.88. The highest BCUT2D eigenvalue weighted by atomic mass is 16.5. The van der Waals surface area contributed by atoms with Crippen molar-refractivity contribution in [3.05, 3.63) is 59.7 Å². The van der Waals surface area contributed by atoms with E-state index in [9.17, 15) is 4.79 Å². The Labute approximate surface area is 147 Å². The van der Waals surface area contributed by atoms with E-state index >= 15 is 0 Å². The van der Waals surface area contributed by atoms with Crippen molar-refractivity contribution in [1.82, 2.24) is 5.32 Å². The van der Waals surface area contributed by atoms with E-state index in [0.29, 0.717) is 24.5 Å². The molecule has 1 aliphatic rings. The van der Waals surface area contributed by atoms with E-state index in [-0.39, 0.29) is 17.7 Å². The third kappa shape index (κ3) is 4.30. The number of nitrogens with zero attached hydrogens (tertiary/aromatic N) is 1. The molecule has 25 heavy (non-hydrogen) atoms. The quantitative estimate of drug-likeness (QED) is 0.789. The highest BCUT2D eigenvalue weighted by Gasteiger charge is 2.43. The summed E-state index contributed by atoms with van der Waals surface area (Å²) < 4.78 is 10.8. The lowest BCUT2D eigenvalue weighted by atomic mass is 10.1. The minimum atomic E-state index is 0.0296. The van der Waals surface area contributed by atoms with Crippen LogP contribution in [0.25, 0.3) is 0 Å². The van der Waals surface area contributed by atoms with Crippen molar-refractivity contribution < 1.29 is 14.3 Å². The molecular formula is C20H20N2O3. The van der Waals surface area contributed by atoms with Crippen LogP contribution in [0.4, 0.5) is 0 Å². The summed E-state index contributed by atoms with van der Waals surface area (Å²) in [5.41, 5.74) is 1.74. The van der Waals surface area contributed by atoms with Crippen LogP contribution in [0.2, 0.25) is 0 Å². The number of nitrogens with one attached hydrogen (secondary N) is 1. The van der Waals surface area contributed by atoms with Gasteiger partial charge < -0.3 is 14.8 Å². The lowest BCUT2D eigenvalue weighted by Gasteiger charge is -2.08.